The highest BCUT2D eigenvalue weighted by molar-refractivity contribution is 6.11. The topological polar surface area (TPSA) is 82.4 Å². The molecule has 0 saturated carbocycles. The maximum Gasteiger partial charge on any atom is 0.256 e. The third-order valence-corrected chi connectivity index (χ3v) is 4.03. The van der Waals surface area contributed by atoms with Crippen LogP contribution in [-0.4, -0.2) is 11.9 Å². The van der Waals surface area contributed by atoms with E-state index in [2.05, 4.69) is 5.32 Å². The molecule has 1 N–H and O–H groups in total. The van der Waals surface area contributed by atoms with Gasteiger partial charge in [0, 0.05) is 33.7 Å². The second kappa shape index (κ2) is 5.79. The molecule has 1 heterocycles. The van der Waals surface area contributed by atoms with Gasteiger partial charge in [0.25, 0.3) is 5.91 Å². The molecule has 4 rings (SSSR count). The summed E-state index contributed by atoms with van der Waals surface area (Å²) < 4.78 is 5.79. The van der Waals surface area contributed by atoms with Crippen LogP contribution in [0.1, 0.15) is 20.7 Å². The van der Waals surface area contributed by atoms with E-state index >= 15 is 0 Å². The maximum absolute atomic E-state index is 12.4. The molecule has 5 nitrogen and oxygen atoms in total. The fourth-order valence-corrected chi connectivity index (χ4v) is 2.86. The Kier molecular flexibility index (Phi) is 3.47. The van der Waals surface area contributed by atoms with Crippen LogP contribution >= 0.6 is 0 Å². The van der Waals surface area contributed by atoms with Crippen LogP contribution in [0.2, 0.25) is 0 Å². The van der Waals surface area contributed by atoms with Crippen molar-refractivity contribution in [1.82, 2.24) is 0 Å². The number of fused-ring (bicyclic) bond motifs is 3. The number of carbonyl (C=O) groups is 2. The predicted octanol–water partition coefficient (Wildman–Crippen LogP) is 3.20. The van der Waals surface area contributed by atoms with Crippen LogP contribution in [0.4, 0.5) is 5.69 Å². The summed E-state index contributed by atoms with van der Waals surface area (Å²) in [5, 5.41) is 15.8. The molecule has 0 unspecified atom stereocenters. The molecule has 0 aliphatic carbocycles. The van der Waals surface area contributed by atoms with Crippen LogP contribution in [0.25, 0.3) is 21.9 Å². The minimum absolute atomic E-state index is 0.0483. The third-order valence-electron chi connectivity index (χ3n) is 4.03. The lowest BCUT2D eigenvalue weighted by molar-refractivity contribution is -0.255. The standard InChI is InChI=1S/C20H13NO4/c22-19(15-6-1-2-7-16(15)20(23)24)21-12-9-10-14-13-5-3-4-8-17(13)25-18(14)11-12/h1-11H,(H,21,22)(H,23,24)/p-1. The molecule has 0 atom stereocenters. The summed E-state index contributed by atoms with van der Waals surface area (Å²) in [6.07, 6.45) is 0. The number of carboxylic acid groups (broad SMARTS) is 1. The molecule has 0 aliphatic rings. The van der Waals surface area contributed by atoms with Crippen molar-refractivity contribution >= 4 is 39.5 Å². The van der Waals surface area contributed by atoms with Gasteiger partial charge in [-0.3, -0.25) is 4.79 Å². The lowest BCUT2D eigenvalue weighted by atomic mass is 10.1. The first-order valence-corrected chi connectivity index (χ1v) is 7.66. The van der Waals surface area contributed by atoms with E-state index in [-0.39, 0.29) is 11.1 Å². The molecule has 0 fully saturated rings. The van der Waals surface area contributed by atoms with Gasteiger partial charge in [-0.25, -0.2) is 0 Å². The van der Waals surface area contributed by atoms with Crippen LogP contribution in [0.15, 0.2) is 71.1 Å². The maximum atomic E-state index is 12.4. The zero-order chi connectivity index (χ0) is 17.4. The fraction of sp³-hybridized carbons (Fsp3) is 0. The number of carbonyl (C=O) groups excluding carboxylic acids is 2. The lowest BCUT2D eigenvalue weighted by Crippen LogP contribution is -2.26. The average Bonchev–Trinajstić information content (AvgIpc) is 2.99. The fourth-order valence-electron chi connectivity index (χ4n) is 2.86. The summed E-state index contributed by atoms with van der Waals surface area (Å²) in [4.78, 5) is 23.6. The van der Waals surface area contributed by atoms with Gasteiger partial charge >= 0.3 is 0 Å². The summed E-state index contributed by atoms with van der Waals surface area (Å²) in [5.41, 5.74) is 1.83. The number of anilines is 1. The zero-order valence-corrected chi connectivity index (χ0v) is 13.0. The van der Waals surface area contributed by atoms with Crippen molar-refractivity contribution in [3.05, 3.63) is 77.9 Å². The number of hydrogen-bond donors (Lipinski definition) is 1. The molecule has 0 aliphatic heterocycles. The number of furan rings is 1. The number of amides is 1. The van der Waals surface area contributed by atoms with E-state index in [1.807, 2.05) is 30.3 Å². The third kappa shape index (κ3) is 2.61. The number of para-hydroxylation sites is 1. The van der Waals surface area contributed by atoms with E-state index in [1.165, 1.54) is 12.1 Å². The normalized spacial score (nSPS) is 10.9. The van der Waals surface area contributed by atoms with Gasteiger partial charge in [-0.1, -0.05) is 36.4 Å². The first-order chi connectivity index (χ1) is 12.1. The number of aromatic carboxylic acids is 1. The molecule has 25 heavy (non-hydrogen) atoms. The van der Waals surface area contributed by atoms with Crippen LogP contribution in [0.5, 0.6) is 0 Å². The Labute approximate surface area is 142 Å². The zero-order valence-electron chi connectivity index (χ0n) is 13.0. The van der Waals surface area contributed by atoms with Crippen LogP contribution < -0.4 is 10.4 Å². The van der Waals surface area contributed by atoms with E-state index in [0.717, 1.165) is 16.4 Å². The number of rotatable bonds is 3. The van der Waals surface area contributed by atoms with Crippen LogP contribution in [0.3, 0.4) is 0 Å². The summed E-state index contributed by atoms with van der Waals surface area (Å²) in [7, 11) is 0. The predicted molar refractivity (Wildman–Crippen MR) is 92.4 cm³/mol. The van der Waals surface area contributed by atoms with E-state index in [0.29, 0.717) is 11.3 Å². The molecular weight excluding hydrogens is 318 g/mol. The number of nitrogens with one attached hydrogen (secondary N) is 1. The van der Waals surface area contributed by atoms with Gasteiger partial charge in [0.2, 0.25) is 0 Å². The SMILES string of the molecule is O=C([O-])c1ccccc1C(=O)Nc1ccc2c(c1)oc1ccccc12. The van der Waals surface area contributed by atoms with Crippen molar-refractivity contribution in [1.29, 1.82) is 0 Å². The highest BCUT2D eigenvalue weighted by atomic mass is 16.4. The smallest absolute Gasteiger partial charge is 0.256 e. The highest BCUT2D eigenvalue weighted by Crippen LogP contribution is 2.30. The van der Waals surface area contributed by atoms with Gasteiger partial charge in [-0.2, -0.15) is 0 Å². The Morgan fingerprint density at radius 2 is 1.48 bits per heavy atom. The van der Waals surface area contributed by atoms with Crippen LogP contribution in [-0.2, 0) is 0 Å². The van der Waals surface area contributed by atoms with Crippen molar-refractivity contribution in [3.63, 3.8) is 0 Å². The van der Waals surface area contributed by atoms with Crippen molar-refractivity contribution < 1.29 is 19.1 Å². The molecule has 0 saturated heterocycles. The van der Waals surface area contributed by atoms with E-state index in [9.17, 15) is 14.7 Å². The first-order valence-electron chi connectivity index (χ1n) is 7.66. The van der Waals surface area contributed by atoms with Gasteiger partial charge in [0.15, 0.2) is 0 Å². The molecule has 5 heteroatoms. The minimum atomic E-state index is -1.39. The molecule has 122 valence electrons. The number of hydrogen-bond acceptors (Lipinski definition) is 4. The Morgan fingerprint density at radius 1 is 0.800 bits per heavy atom. The Hall–Kier alpha value is -3.60. The van der Waals surface area contributed by atoms with Crippen molar-refractivity contribution in [2.45, 2.75) is 0 Å². The van der Waals surface area contributed by atoms with E-state index < -0.39 is 11.9 Å². The Morgan fingerprint density at radius 3 is 2.28 bits per heavy atom. The second-order valence-electron chi connectivity index (χ2n) is 5.60. The first kappa shape index (κ1) is 15.0. The largest absolute Gasteiger partial charge is 0.545 e. The minimum Gasteiger partial charge on any atom is -0.545 e. The molecule has 3 aromatic carbocycles. The van der Waals surface area contributed by atoms with Crippen LogP contribution in [0, 0.1) is 0 Å². The summed E-state index contributed by atoms with van der Waals surface area (Å²) in [6, 6.07) is 18.9. The Balaban J connectivity index is 1.70. The second-order valence-corrected chi connectivity index (χ2v) is 5.60. The Bertz CT molecular complexity index is 1130. The van der Waals surface area contributed by atoms with Gasteiger partial charge in [0.05, 0.1) is 5.97 Å². The molecule has 1 amide bonds. The molecule has 4 aromatic rings. The van der Waals surface area contributed by atoms with E-state index in [4.69, 9.17) is 4.42 Å². The van der Waals surface area contributed by atoms with Crippen molar-refractivity contribution in [2.24, 2.45) is 0 Å². The summed E-state index contributed by atoms with van der Waals surface area (Å²) in [6.45, 7) is 0. The molecule has 0 bridgehead atoms. The average molecular weight is 330 g/mol. The lowest BCUT2D eigenvalue weighted by Gasteiger charge is -2.10. The molecular formula is C20H12NO4-. The van der Waals surface area contributed by atoms with Crippen molar-refractivity contribution in [2.75, 3.05) is 5.32 Å². The van der Waals surface area contributed by atoms with Gasteiger partial charge < -0.3 is 19.6 Å². The van der Waals surface area contributed by atoms with Gasteiger partial charge in [0.1, 0.15) is 11.2 Å². The molecule has 0 radical (unpaired) electrons. The highest BCUT2D eigenvalue weighted by Gasteiger charge is 2.13. The quantitative estimate of drug-likeness (QED) is 0.625. The summed E-state index contributed by atoms with van der Waals surface area (Å²) in [5.74, 6) is -1.91. The summed E-state index contributed by atoms with van der Waals surface area (Å²) >= 11 is 0. The van der Waals surface area contributed by atoms with E-state index in [1.54, 1.807) is 24.3 Å². The van der Waals surface area contributed by atoms with Gasteiger partial charge in [-0.05, 0) is 24.3 Å². The van der Waals surface area contributed by atoms with Gasteiger partial charge in [-0.15, -0.1) is 0 Å². The number of benzene rings is 3. The molecule has 1 aromatic heterocycles. The molecule has 0 spiro atoms. The van der Waals surface area contributed by atoms with Crippen molar-refractivity contribution in [3.8, 4) is 0 Å². The number of carboxylic acids is 1. The monoisotopic (exact) mass is 330 g/mol.